The Morgan fingerprint density at radius 1 is 1.13 bits per heavy atom. The number of esters is 1. The highest BCUT2D eigenvalue weighted by Crippen LogP contribution is 2.29. The molecule has 2 aromatic carbocycles. The van der Waals surface area contributed by atoms with Crippen LogP contribution in [0.15, 0.2) is 53.3 Å². The molecule has 0 aliphatic carbocycles. The molecule has 0 bridgehead atoms. The van der Waals surface area contributed by atoms with E-state index in [2.05, 4.69) is 4.74 Å². The number of aromatic hydroxyl groups is 1. The van der Waals surface area contributed by atoms with Crippen molar-refractivity contribution in [2.75, 3.05) is 7.11 Å². The molecule has 0 fully saturated rings. The first kappa shape index (κ1) is 15.2. The molecule has 1 aromatic heterocycles. The number of carbonyl (C=O) groups excluding carboxylic acids is 1. The fourth-order valence-electron chi connectivity index (χ4n) is 2.45. The van der Waals surface area contributed by atoms with Gasteiger partial charge in [0.1, 0.15) is 0 Å². The SMILES string of the molecule is COC(=O)c1c(O)sc2cc(Cc3ccccc3)ccc2c1=O. The first-order valence-electron chi connectivity index (χ1n) is 7.01. The lowest BCUT2D eigenvalue weighted by Crippen LogP contribution is -2.15. The molecule has 23 heavy (non-hydrogen) atoms. The van der Waals surface area contributed by atoms with Crippen LogP contribution in [0.1, 0.15) is 21.5 Å². The molecule has 0 atom stereocenters. The topological polar surface area (TPSA) is 63.6 Å². The van der Waals surface area contributed by atoms with Gasteiger partial charge >= 0.3 is 5.97 Å². The van der Waals surface area contributed by atoms with Crippen molar-refractivity contribution in [1.29, 1.82) is 0 Å². The summed E-state index contributed by atoms with van der Waals surface area (Å²) >= 11 is 1.01. The molecule has 5 heteroatoms. The van der Waals surface area contributed by atoms with E-state index in [-0.39, 0.29) is 10.6 Å². The van der Waals surface area contributed by atoms with Crippen LogP contribution < -0.4 is 5.43 Å². The maximum Gasteiger partial charge on any atom is 0.346 e. The van der Waals surface area contributed by atoms with Gasteiger partial charge in [-0.05, 0) is 29.7 Å². The van der Waals surface area contributed by atoms with Crippen molar-refractivity contribution < 1.29 is 14.6 Å². The van der Waals surface area contributed by atoms with Crippen molar-refractivity contribution >= 4 is 27.4 Å². The van der Waals surface area contributed by atoms with Crippen LogP contribution in [0.4, 0.5) is 0 Å². The van der Waals surface area contributed by atoms with Crippen LogP contribution in [0.25, 0.3) is 10.1 Å². The van der Waals surface area contributed by atoms with Gasteiger partial charge in [-0.25, -0.2) is 4.79 Å². The van der Waals surface area contributed by atoms with Crippen molar-refractivity contribution in [3.05, 3.63) is 75.4 Å². The Bertz CT molecular complexity index is 929. The van der Waals surface area contributed by atoms with Gasteiger partial charge in [0.25, 0.3) is 0 Å². The summed E-state index contributed by atoms with van der Waals surface area (Å²) in [4.78, 5) is 24.0. The molecule has 0 amide bonds. The lowest BCUT2D eigenvalue weighted by atomic mass is 10.0. The number of benzene rings is 2. The minimum Gasteiger partial charge on any atom is -0.499 e. The predicted octanol–water partition coefficient (Wildman–Crippen LogP) is 3.34. The van der Waals surface area contributed by atoms with Gasteiger partial charge in [-0.3, -0.25) is 4.79 Å². The number of methoxy groups -OCH3 is 1. The second-order valence-corrected chi connectivity index (χ2v) is 6.13. The summed E-state index contributed by atoms with van der Waals surface area (Å²) in [5, 5.41) is 10.1. The smallest absolute Gasteiger partial charge is 0.346 e. The number of rotatable bonds is 3. The summed E-state index contributed by atoms with van der Waals surface area (Å²) in [6, 6.07) is 15.4. The normalized spacial score (nSPS) is 10.7. The van der Waals surface area contributed by atoms with Gasteiger partial charge in [-0.2, -0.15) is 0 Å². The zero-order valence-electron chi connectivity index (χ0n) is 12.4. The second kappa shape index (κ2) is 6.22. The average molecular weight is 326 g/mol. The van der Waals surface area contributed by atoms with Gasteiger partial charge < -0.3 is 9.84 Å². The highest BCUT2D eigenvalue weighted by atomic mass is 32.1. The molecule has 0 saturated carbocycles. The molecule has 0 aliphatic rings. The highest BCUT2D eigenvalue weighted by Gasteiger charge is 2.19. The van der Waals surface area contributed by atoms with Crippen LogP contribution >= 0.6 is 11.3 Å². The molecule has 0 unspecified atom stereocenters. The van der Waals surface area contributed by atoms with Crippen LogP contribution in [0.2, 0.25) is 0 Å². The molecule has 0 radical (unpaired) electrons. The van der Waals surface area contributed by atoms with E-state index in [9.17, 15) is 14.7 Å². The molecule has 1 N–H and O–H groups in total. The van der Waals surface area contributed by atoms with E-state index in [0.29, 0.717) is 10.1 Å². The van der Waals surface area contributed by atoms with Crippen LogP contribution in [-0.2, 0) is 11.2 Å². The van der Waals surface area contributed by atoms with Crippen LogP contribution in [0, 0.1) is 0 Å². The van der Waals surface area contributed by atoms with E-state index in [1.54, 1.807) is 6.07 Å². The van der Waals surface area contributed by atoms with E-state index in [1.165, 1.54) is 7.11 Å². The maximum atomic E-state index is 12.4. The first-order valence-corrected chi connectivity index (χ1v) is 7.82. The monoisotopic (exact) mass is 326 g/mol. The minimum atomic E-state index is -0.820. The summed E-state index contributed by atoms with van der Waals surface area (Å²) in [5.74, 6) is -0.820. The third-order valence-electron chi connectivity index (χ3n) is 3.58. The predicted molar refractivity (Wildman–Crippen MR) is 90.3 cm³/mol. The van der Waals surface area contributed by atoms with E-state index < -0.39 is 11.4 Å². The number of ether oxygens (including phenoxy) is 1. The summed E-state index contributed by atoms with van der Waals surface area (Å²) in [6.07, 6.45) is 0.733. The van der Waals surface area contributed by atoms with E-state index in [0.717, 1.165) is 28.9 Å². The number of carbonyl (C=O) groups is 1. The fraction of sp³-hybridized carbons (Fsp3) is 0.111. The van der Waals surface area contributed by atoms with E-state index in [4.69, 9.17) is 0 Å². The second-order valence-electron chi connectivity index (χ2n) is 5.10. The van der Waals surface area contributed by atoms with Crippen molar-refractivity contribution in [2.45, 2.75) is 6.42 Å². The van der Waals surface area contributed by atoms with E-state index >= 15 is 0 Å². The quantitative estimate of drug-likeness (QED) is 0.750. The maximum absolute atomic E-state index is 12.4. The average Bonchev–Trinajstić information content (AvgIpc) is 2.55. The Balaban J connectivity index is 2.08. The lowest BCUT2D eigenvalue weighted by Gasteiger charge is -2.06. The Morgan fingerprint density at radius 3 is 2.57 bits per heavy atom. The Kier molecular flexibility index (Phi) is 4.12. The number of fused-ring (bicyclic) bond motifs is 1. The van der Waals surface area contributed by atoms with Crippen molar-refractivity contribution in [3.63, 3.8) is 0 Å². The third kappa shape index (κ3) is 2.96. The van der Waals surface area contributed by atoms with Crippen LogP contribution in [0.3, 0.4) is 0 Å². The van der Waals surface area contributed by atoms with Crippen molar-refractivity contribution in [3.8, 4) is 5.06 Å². The summed E-state index contributed by atoms with van der Waals surface area (Å²) in [7, 11) is 1.18. The van der Waals surface area contributed by atoms with Crippen LogP contribution in [-0.4, -0.2) is 18.2 Å². The standard InChI is InChI=1S/C18H14O4S/c1-22-17(20)15-16(19)13-8-7-12(10-14(13)23-18(15)21)9-11-5-3-2-4-6-11/h2-8,10,21H,9H2,1H3. The zero-order valence-corrected chi connectivity index (χ0v) is 13.2. The third-order valence-corrected chi connectivity index (χ3v) is 4.53. The van der Waals surface area contributed by atoms with Gasteiger partial charge in [0.05, 0.1) is 7.11 Å². The zero-order chi connectivity index (χ0) is 16.4. The van der Waals surface area contributed by atoms with Crippen LogP contribution in [0.5, 0.6) is 5.06 Å². The molecule has 3 rings (SSSR count). The Morgan fingerprint density at radius 2 is 1.87 bits per heavy atom. The molecular formula is C18H14O4S. The summed E-state index contributed by atoms with van der Waals surface area (Å²) in [5.41, 5.74) is 1.38. The Hall–Kier alpha value is -2.66. The number of hydrogen-bond acceptors (Lipinski definition) is 5. The highest BCUT2D eigenvalue weighted by molar-refractivity contribution is 7.20. The molecule has 116 valence electrons. The largest absolute Gasteiger partial charge is 0.499 e. The molecule has 0 aliphatic heterocycles. The Labute approximate surface area is 136 Å². The number of hydrogen-bond donors (Lipinski definition) is 1. The van der Waals surface area contributed by atoms with Gasteiger partial charge in [0.15, 0.2) is 10.6 Å². The fourth-order valence-corrected chi connectivity index (χ4v) is 3.42. The molecule has 1 heterocycles. The van der Waals surface area contributed by atoms with E-state index in [1.807, 2.05) is 42.5 Å². The molecule has 0 saturated heterocycles. The van der Waals surface area contributed by atoms with Gasteiger partial charge in [0, 0.05) is 10.1 Å². The van der Waals surface area contributed by atoms with Gasteiger partial charge in [-0.1, -0.05) is 47.7 Å². The molecule has 3 aromatic rings. The van der Waals surface area contributed by atoms with Crippen molar-refractivity contribution in [2.24, 2.45) is 0 Å². The summed E-state index contributed by atoms with van der Waals surface area (Å²) < 4.78 is 5.20. The van der Waals surface area contributed by atoms with Gasteiger partial charge in [-0.15, -0.1) is 0 Å². The van der Waals surface area contributed by atoms with Crippen molar-refractivity contribution in [1.82, 2.24) is 0 Å². The lowest BCUT2D eigenvalue weighted by molar-refractivity contribution is 0.0597. The summed E-state index contributed by atoms with van der Waals surface area (Å²) in [6.45, 7) is 0. The molecule has 0 spiro atoms. The molecular weight excluding hydrogens is 312 g/mol. The first-order chi connectivity index (χ1) is 11.1. The van der Waals surface area contributed by atoms with Gasteiger partial charge in [0.2, 0.25) is 5.43 Å². The molecule has 4 nitrogen and oxygen atoms in total. The minimum absolute atomic E-state index is 0.305.